The number of unbranched alkanes of at least 4 members (excludes halogenated alkanes) is 2. The number of nitrogens with zero attached hydrogens (tertiary/aromatic N) is 1. The van der Waals surface area contributed by atoms with E-state index in [0.717, 1.165) is 19.1 Å². The molecule has 3 unspecified atom stereocenters. The van der Waals surface area contributed by atoms with Gasteiger partial charge in [0.1, 0.15) is 0 Å². The molecule has 1 saturated heterocycles. The maximum absolute atomic E-state index is 6.05. The van der Waals surface area contributed by atoms with Gasteiger partial charge in [0.2, 0.25) is 0 Å². The van der Waals surface area contributed by atoms with E-state index in [1.807, 2.05) is 7.05 Å². The molecule has 0 radical (unpaired) electrons. The molecule has 1 heterocycles. The van der Waals surface area contributed by atoms with E-state index in [0.29, 0.717) is 23.5 Å². The highest BCUT2D eigenvalue weighted by Gasteiger charge is 2.65. The lowest BCUT2D eigenvalue weighted by Gasteiger charge is -2.57. The van der Waals surface area contributed by atoms with E-state index in [-0.39, 0.29) is 0 Å². The van der Waals surface area contributed by atoms with E-state index in [1.54, 1.807) is 0 Å². The Hall–Kier alpha value is -0.770. The third-order valence-electron chi connectivity index (χ3n) is 5.87. The topological polar surface area (TPSA) is 45.7 Å². The first kappa shape index (κ1) is 15.1. The van der Waals surface area contributed by atoms with E-state index in [4.69, 9.17) is 4.74 Å². The number of hydrogen-bond donors (Lipinski definition) is 2. The monoisotopic (exact) mass is 293 g/mol. The molecule has 3 rings (SSSR count). The minimum absolute atomic E-state index is 0.405. The molecule has 2 N–H and O–H groups in total. The molecule has 120 valence electrons. The van der Waals surface area contributed by atoms with Crippen LogP contribution in [0.25, 0.3) is 0 Å². The Bertz CT molecular complexity index is 376. The maximum atomic E-state index is 6.05. The van der Waals surface area contributed by atoms with Crippen LogP contribution in [0, 0.1) is 11.3 Å². The summed E-state index contributed by atoms with van der Waals surface area (Å²) >= 11 is 0. The van der Waals surface area contributed by atoms with Gasteiger partial charge in [0, 0.05) is 37.6 Å². The summed E-state index contributed by atoms with van der Waals surface area (Å²) in [6.07, 6.45) is 10.9. The Balaban J connectivity index is 1.57. The lowest BCUT2D eigenvalue weighted by molar-refractivity contribution is -0.125. The van der Waals surface area contributed by atoms with Gasteiger partial charge in [-0.1, -0.05) is 32.6 Å². The first-order valence-electron chi connectivity index (χ1n) is 8.90. The summed E-state index contributed by atoms with van der Waals surface area (Å²) in [6.45, 7) is 4.22. The Morgan fingerprint density at radius 3 is 2.81 bits per heavy atom. The third-order valence-corrected chi connectivity index (χ3v) is 5.87. The van der Waals surface area contributed by atoms with E-state index in [1.165, 1.54) is 51.4 Å². The van der Waals surface area contributed by atoms with Gasteiger partial charge in [-0.15, -0.1) is 0 Å². The highest BCUT2D eigenvalue weighted by Crippen LogP contribution is 2.60. The molecule has 4 heteroatoms. The smallest absolute Gasteiger partial charge is 0.191 e. The summed E-state index contributed by atoms with van der Waals surface area (Å²) in [5.74, 6) is 1.70. The predicted molar refractivity (Wildman–Crippen MR) is 86.6 cm³/mol. The summed E-state index contributed by atoms with van der Waals surface area (Å²) in [6, 6.07) is 0.574. The summed E-state index contributed by atoms with van der Waals surface area (Å²) in [4.78, 5) is 4.43. The van der Waals surface area contributed by atoms with Crippen LogP contribution in [-0.4, -0.2) is 38.3 Å². The Labute approximate surface area is 129 Å². The quantitative estimate of drug-likeness (QED) is 0.465. The predicted octanol–water partition coefficient (Wildman–Crippen LogP) is 2.69. The second kappa shape index (κ2) is 6.55. The van der Waals surface area contributed by atoms with Crippen LogP contribution in [0.5, 0.6) is 0 Å². The maximum Gasteiger partial charge on any atom is 0.191 e. The minimum atomic E-state index is 0.405. The average Bonchev–Trinajstić information content (AvgIpc) is 3.14. The van der Waals surface area contributed by atoms with Crippen molar-refractivity contribution in [3.63, 3.8) is 0 Å². The van der Waals surface area contributed by atoms with Gasteiger partial charge in [0.15, 0.2) is 5.96 Å². The molecular formula is C17H31N3O. The van der Waals surface area contributed by atoms with Crippen LogP contribution >= 0.6 is 0 Å². The molecule has 3 atom stereocenters. The van der Waals surface area contributed by atoms with Crippen molar-refractivity contribution < 1.29 is 4.74 Å². The largest absolute Gasteiger partial charge is 0.377 e. The van der Waals surface area contributed by atoms with Gasteiger partial charge < -0.3 is 15.4 Å². The van der Waals surface area contributed by atoms with Gasteiger partial charge in [-0.05, 0) is 25.7 Å². The van der Waals surface area contributed by atoms with Crippen LogP contribution in [0.4, 0.5) is 0 Å². The van der Waals surface area contributed by atoms with Crippen molar-refractivity contribution in [1.29, 1.82) is 0 Å². The van der Waals surface area contributed by atoms with Crippen LogP contribution in [-0.2, 0) is 4.74 Å². The number of aliphatic imine (C=N–C) groups is 1. The van der Waals surface area contributed by atoms with E-state index in [2.05, 4.69) is 22.5 Å². The molecule has 2 saturated carbocycles. The zero-order chi connectivity index (χ0) is 14.7. The lowest BCUT2D eigenvalue weighted by Crippen LogP contribution is -2.69. The third kappa shape index (κ3) is 2.67. The van der Waals surface area contributed by atoms with Crippen LogP contribution in [0.3, 0.4) is 0 Å². The first-order chi connectivity index (χ1) is 10.3. The summed E-state index contributed by atoms with van der Waals surface area (Å²) in [5.41, 5.74) is 0.405. The molecule has 3 aliphatic rings. The second-order valence-electron chi connectivity index (χ2n) is 7.01. The minimum Gasteiger partial charge on any atom is -0.377 e. The van der Waals surface area contributed by atoms with Crippen LogP contribution in [0.2, 0.25) is 0 Å². The number of fused-ring (bicyclic) bond motifs is 2. The fraction of sp³-hybridized carbons (Fsp3) is 0.941. The van der Waals surface area contributed by atoms with Crippen molar-refractivity contribution in [3.05, 3.63) is 0 Å². The number of nitrogens with one attached hydrogen (secondary N) is 2. The van der Waals surface area contributed by atoms with Gasteiger partial charge >= 0.3 is 0 Å². The van der Waals surface area contributed by atoms with Gasteiger partial charge in [-0.2, -0.15) is 0 Å². The second-order valence-corrected chi connectivity index (χ2v) is 7.01. The van der Waals surface area contributed by atoms with Crippen LogP contribution < -0.4 is 10.6 Å². The fourth-order valence-corrected chi connectivity index (χ4v) is 4.83. The molecule has 2 aliphatic carbocycles. The fourth-order valence-electron chi connectivity index (χ4n) is 4.83. The summed E-state index contributed by atoms with van der Waals surface area (Å²) in [5, 5.41) is 7.23. The molecule has 21 heavy (non-hydrogen) atoms. The molecule has 1 aliphatic heterocycles. The summed E-state index contributed by atoms with van der Waals surface area (Å²) < 4.78 is 6.05. The molecule has 0 bridgehead atoms. The van der Waals surface area contributed by atoms with E-state index < -0.39 is 0 Å². The Morgan fingerprint density at radius 2 is 2.10 bits per heavy atom. The molecule has 0 aromatic carbocycles. The normalized spacial score (nSPS) is 33.8. The van der Waals surface area contributed by atoms with Crippen molar-refractivity contribution in [2.24, 2.45) is 16.3 Å². The van der Waals surface area contributed by atoms with Crippen molar-refractivity contribution in [2.45, 2.75) is 70.4 Å². The van der Waals surface area contributed by atoms with Gasteiger partial charge in [0.05, 0.1) is 6.10 Å². The zero-order valence-electron chi connectivity index (χ0n) is 13.7. The summed E-state index contributed by atoms with van der Waals surface area (Å²) in [7, 11) is 1.89. The van der Waals surface area contributed by atoms with Crippen molar-refractivity contribution in [1.82, 2.24) is 10.6 Å². The van der Waals surface area contributed by atoms with Crippen LogP contribution in [0.1, 0.15) is 58.3 Å². The zero-order valence-corrected chi connectivity index (χ0v) is 13.7. The number of hydrogen-bond acceptors (Lipinski definition) is 2. The first-order valence-corrected chi connectivity index (χ1v) is 8.90. The lowest BCUT2D eigenvalue weighted by atomic mass is 9.54. The highest BCUT2D eigenvalue weighted by molar-refractivity contribution is 5.80. The number of guanidine groups is 1. The molecule has 0 amide bonds. The number of rotatable bonds is 5. The molecule has 0 aromatic heterocycles. The Kier molecular flexibility index (Phi) is 4.72. The van der Waals surface area contributed by atoms with Crippen molar-refractivity contribution >= 4 is 5.96 Å². The SMILES string of the molecule is CCCCCNC(=NC)NC1C2CCOC2C12CCCC2. The molecule has 3 fully saturated rings. The van der Waals surface area contributed by atoms with Gasteiger partial charge in [-0.25, -0.2) is 0 Å². The average molecular weight is 293 g/mol. The van der Waals surface area contributed by atoms with E-state index in [9.17, 15) is 0 Å². The van der Waals surface area contributed by atoms with Crippen LogP contribution in [0.15, 0.2) is 4.99 Å². The highest BCUT2D eigenvalue weighted by atomic mass is 16.5. The molecule has 4 nitrogen and oxygen atoms in total. The van der Waals surface area contributed by atoms with Gasteiger partial charge in [0.25, 0.3) is 0 Å². The van der Waals surface area contributed by atoms with Crippen molar-refractivity contribution in [2.75, 3.05) is 20.2 Å². The van der Waals surface area contributed by atoms with Gasteiger partial charge in [-0.3, -0.25) is 4.99 Å². The Morgan fingerprint density at radius 1 is 1.29 bits per heavy atom. The van der Waals surface area contributed by atoms with Crippen molar-refractivity contribution in [3.8, 4) is 0 Å². The number of ether oxygens (including phenoxy) is 1. The standard InChI is InChI=1S/C17H31N3O/c1-3-4-7-11-19-16(18-2)20-14-13-8-12-21-15(13)17(14)9-5-6-10-17/h13-15H,3-12H2,1-2H3,(H2,18,19,20). The molecular weight excluding hydrogens is 262 g/mol. The molecule has 0 aromatic rings. The molecule has 1 spiro atoms. The van der Waals surface area contributed by atoms with E-state index >= 15 is 0 Å².